The van der Waals surface area contributed by atoms with Gasteiger partial charge < -0.3 is 11.1 Å². The number of benzene rings is 2. The number of alkyl halides is 3. The highest BCUT2D eigenvalue weighted by atomic mass is 19.4. The topological polar surface area (TPSA) is 103 Å². The fourth-order valence-corrected chi connectivity index (χ4v) is 3.39. The second-order valence-electron chi connectivity index (χ2n) is 7.36. The number of halogens is 3. The van der Waals surface area contributed by atoms with E-state index in [2.05, 4.69) is 15.3 Å². The average Bonchev–Trinajstić information content (AvgIpc) is 2.78. The van der Waals surface area contributed by atoms with E-state index in [1.807, 2.05) is 0 Å². The Morgan fingerprint density at radius 3 is 2.48 bits per heavy atom. The van der Waals surface area contributed by atoms with Gasteiger partial charge in [0.1, 0.15) is 5.82 Å². The van der Waals surface area contributed by atoms with Crippen molar-refractivity contribution < 1.29 is 18.0 Å². The van der Waals surface area contributed by atoms with Gasteiger partial charge in [0.2, 0.25) is 0 Å². The van der Waals surface area contributed by atoms with Gasteiger partial charge in [0.05, 0.1) is 34.5 Å². The van der Waals surface area contributed by atoms with Crippen LogP contribution in [0, 0.1) is 0 Å². The highest BCUT2D eigenvalue weighted by Gasteiger charge is 2.30. The Kier molecular flexibility index (Phi) is 5.59. The van der Waals surface area contributed by atoms with E-state index in [4.69, 9.17) is 5.73 Å². The van der Waals surface area contributed by atoms with Gasteiger partial charge in [-0.2, -0.15) is 13.2 Å². The fourth-order valence-electron chi connectivity index (χ4n) is 3.39. The van der Waals surface area contributed by atoms with Gasteiger partial charge in [0.25, 0.3) is 11.5 Å². The summed E-state index contributed by atoms with van der Waals surface area (Å²) in [5.74, 6) is -0.0487. The monoisotopic (exact) mass is 453 g/mol. The first-order valence-electron chi connectivity index (χ1n) is 9.86. The van der Waals surface area contributed by atoms with E-state index in [0.717, 1.165) is 18.3 Å². The molecular formula is C23H18F3N5O2. The molecule has 0 saturated heterocycles. The molecule has 0 bridgehead atoms. The lowest BCUT2D eigenvalue weighted by atomic mass is 10.1. The number of amides is 1. The van der Waals surface area contributed by atoms with Crippen molar-refractivity contribution in [2.24, 2.45) is 0 Å². The predicted octanol–water partition coefficient (Wildman–Crippen LogP) is 3.87. The number of carbonyl (C=O) groups excluding carboxylic acids is 1. The summed E-state index contributed by atoms with van der Waals surface area (Å²) >= 11 is 0. The number of nitrogens with one attached hydrogen (secondary N) is 1. The second-order valence-corrected chi connectivity index (χ2v) is 7.36. The number of aromatic nitrogens is 3. The van der Waals surface area contributed by atoms with E-state index >= 15 is 0 Å². The lowest BCUT2D eigenvalue weighted by Crippen LogP contribution is -2.27. The van der Waals surface area contributed by atoms with E-state index in [1.54, 1.807) is 25.1 Å². The maximum Gasteiger partial charge on any atom is 0.416 e. The Bertz CT molecular complexity index is 1400. The molecule has 33 heavy (non-hydrogen) atoms. The van der Waals surface area contributed by atoms with E-state index in [9.17, 15) is 22.8 Å². The number of pyridine rings is 1. The van der Waals surface area contributed by atoms with E-state index in [0.29, 0.717) is 28.1 Å². The maximum absolute atomic E-state index is 12.9. The van der Waals surface area contributed by atoms with Crippen molar-refractivity contribution in [3.05, 3.63) is 94.0 Å². The molecule has 7 nitrogen and oxygen atoms in total. The lowest BCUT2D eigenvalue weighted by molar-refractivity contribution is -0.137. The van der Waals surface area contributed by atoms with E-state index in [-0.39, 0.29) is 11.6 Å². The number of rotatable bonds is 4. The van der Waals surface area contributed by atoms with Crippen LogP contribution in [0.2, 0.25) is 0 Å². The normalized spacial score (nSPS) is 12.5. The van der Waals surface area contributed by atoms with Crippen LogP contribution in [0.15, 0.2) is 71.7 Å². The van der Waals surface area contributed by atoms with Crippen LogP contribution in [0.4, 0.5) is 19.0 Å². The molecule has 0 aliphatic carbocycles. The minimum absolute atomic E-state index is 0.249. The average molecular weight is 453 g/mol. The number of hydrogen-bond acceptors (Lipinski definition) is 5. The van der Waals surface area contributed by atoms with Crippen LogP contribution in [-0.2, 0) is 6.18 Å². The molecule has 0 unspecified atom stereocenters. The van der Waals surface area contributed by atoms with Crippen LogP contribution in [0.25, 0.3) is 16.7 Å². The zero-order valence-corrected chi connectivity index (χ0v) is 17.3. The van der Waals surface area contributed by atoms with Gasteiger partial charge in [-0.05, 0) is 61.5 Å². The molecule has 2 heterocycles. The summed E-state index contributed by atoms with van der Waals surface area (Å²) < 4.78 is 39.8. The first-order chi connectivity index (χ1) is 15.6. The summed E-state index contributed by atoms with van der Waals surface area (Å²) in [6.45, 7) is 1.77. The molecule has 2 aromatic carbocycles. The van der Waals surface area contributed by atoms with Crippen LogP contribution in [0.3, 0.4) is 0 Å². The number of carbonyl (C=O) groups is 1. The molecule has 0 aliphatic heterocycles. The van der Waals surface area contributed by atoms with Gasteiger partial charge >= 0.3 is 6.18 Å². The predicted molar refractivity (Wildman–Crippen MR) is 117 cm³/mol. The Morgan fingerprint density at radius 2 is 1.82 bits per heavy atom. The van der Waals surface area contributed by atoms with Gasteiger partial charge in [-0.15, -0.1) is 0 Å². The lowest BCUT2D eigenvalue weighted by Gasteiger charge is -2.15. The number of fused-ring (bicyclic) bond motifs is 1. The SMILES string of the molecule is C[C@H](NC(=O)c1ccc2c(c1)ncc(=O)n2-c1ccc(C(F)(F)F)cc1)c1cccc(N)n1. The zero-order chi connectivity index (χ0) is 23.8. The first kappa shape index (κ1) is 22.0. The summed E-state index contributed by atoms with van der Waals surface area (Å²) in [7, 11) is 0. The third kappa shape index (κ3) is 4.54. The molecule has 0 saturated carbocycles. The summed E-state index contributed by atoms with van der Waals surface area (Å²) in [5.41, 5.74) is 6.18. The highest BCUT2D eigenvalue weighted by Crippen LogP contribution is 2.29. The molecule has 4 aromatic rings. The molecule has 1 amide bonds. The van der Waals surface area contributed by atoms with Gasteiger partial charge in [0, 0.05) is 11.3 Å². The quantitative estimate of drug-likeness (QED) is 0.488. The molecule has 10 heteroatoms. The number of nitrogens with zero attached hydrogens (tertiary/aromatic N) is 3. The smallest absolute Gasteiger partial charge is 0.384 e. The number of anilines is 1. The maximum atomic E-state index is 12.9. The molecule has 0 aliphatic rings. The van der Waals surface area contributed by atoms with Gasteiger partial charge in [-0.25, -0.2) is 9.97 Å². The van der Waals surface area contributed by atoms with Crippen molar-refractivity contribution in [3.8, 4) is 5.69 Å². The van der Waals surface area contributed by atoms with Gasteiger partial charge in [-0.1, -0.05) is 6.07 Å². The Morgan fingerprint density at radius 1 is 1.09 bits per heavy atom. The summed E-state index contributed by atoms with van der Waals surface area (Å²) in [5, 5.41) is 2.82. The van der Waals surface area contributed by atoms with Gasteiger partial charge in [-0.3, -0.25) is 14.2 Å². The molecule has 0 fully saturated rings. The van der Waals surface area contributed by atoms with Crippen molar-refractivity contribution >= 4 is 22.8 Å². The van der Waals surface area contributed by atoms with Crippen LogP contribution in [0.1, 0.15) is 34.6 Å². The number of nitrogen functional groups attached to an aromatic ring is 1. The molecule has 0 radical (unpaired) electrons. The first-order valence-corrected chi connectivity index (χ1v) is 9.86. The summed E-state index contributed by atoms with van der Waals surface area (Å²) in [6.07, 6.45) is -3.43. The summed E-state index contributed by atoms with van der Waals surface area (Å²) in [6, 6.07) is 13.5. The molecule has 2 aromatic heterocycles. The Balaban J connectivity index is 1.66. The number of hydrogen-bond donors (Lipinski definition) is 2. The van der Waals surface area contributed by atoms with Crippen LogP contribution in [0.5, 0.6) is 0 Å². The molecule has 4 rings (SSSR count). The third-order valence-corrected chi connectivity index (χ3v) is 5.05. The Hall–Kier alpha value is -4.21. The molecule has 3 N–H and O–H groups in total. The van der Waals surface area contributed by atoms with Crippen molar-refractivity contribution in [1.82, 2.24) is 19.9 Å². The molecule has 0 spiro atoms. The molecular weight excluding hydrogens is 435 g/mol. The zero-order valence-electron chi connectivity index (χ0n) is 17.3. The fraction of sp³-hybridized carbons (Fsp3) is 0.130. The highest BCUT2D eigenvalue weighted by molar-refractivity contribution is 5.97. The minimum Gasteiger partial charge on any atom is -0.384 e. The van der Waals surface area contributed by atoms with Crippen molar-refractivity contribution in [2.75, 3.05) is 5.73 Å². The molecule has 168 valence electrons. The van der Waals surface area contributed by atoms with E-state index in [1.165, 1.54) is 34.9 Å². The van der Waals surface area contributed by atoms with Crippen molar-refractivity contribution in [3.63, 3.8) is 0 Å². The van der Waals surface area contributed by atoms with Crippen molar-refractivity contribution in [2.45, 2.75) is 19.1 Å². The third-order valence-electron chi connectivity index (χ3n) is 5.05. The second kappa shape index (κ2) is 8.38. The molecule has 1 atom stereocenters. The Labute approximate surface area is 185 Å². The summed E-state index contributed by atoms with van der Waals surface area (Å²) in [4.78, 5) is 33.5. The van der Waals surface area contributed by atoms with Crippen LogP contribution < -0.4 is 16.6 Å². The van der Waals surface area contributed by atoms with E-state index < -0.39 is 23.3 Å². The number of nitrogens with two attached hydrogens (primary N) is 1. The van der Waals surface area contributed by atoms with Gasteiger partial charge in [0.15, 0.2) is 0 Å². The standard InChI is InChI=1S/C23H18F3N5O2/c1-13(17-3-2-4-20(27)30-17)29-22(33)14-5-10-19-18(11-14)28-12-21(32)31(19)16-8-6-15(7-9-16)23(24,25)26/h2-13H,1H3,(H2,27,30)(H,29,33)/t13-/m0/s1. The van der Waals surface area contributed by atoms with Crippen LogP contribution in [-0.4, -0.2) is 20.4 Å². The van der Waals surface area contributed by atoms with Crippen LogP contribution >= 0.6 is 0 Å². The largest absolute Gasteiger partial charge is 0.416 e. The minimum atomic E-state index is -4.48. The van der Waals surface area contributed by atoms with Crippen molar-refractivity contribution in [1.29, 1.82) is 0 Å².